The van der Waals surface area contributed by atoms with Gasteiger partial charge in [0.15, 0.2) is 5.96 Å². The average Bonchev–Trinajstić information content (AvgIpc) is 2.63. The van der Waals surface area contributed by atoms with Crippen LogP contribution in [0.4, 0.5) is 0 Å². The van der Waals surface area contributed by atoms with E-state index < -0.39 is 0 Å². The highest BCUT2D eigenvalue weighted by Gasteiger charge is 2.10. The van der Waals surface area contributed by atoms with Crippen LogP contribution >= 0.6 is 15.9 Å². The van der Waals surface area contributed by atoms with Gasteiger partial charge in [-0.3, -0.25) is 9.67 Å². The molecule has 1 aliphatic rings. The minimum absolute atomic E-state index is 0.677. The van der Waals surface area contributed by atoms with Gasteiger partial charge in [0.2, 0.25) is 0 Å². The maximum absolute atomic E-state index is 6.02. The van der Waals surface area contributed by atoms with E-state index in [0.29, 0.717) is 12.5 Å². The Morgan fingerprint density at radius 1 is 1.33 bits per heavy atom. The highest BCUT2D eigenvalue weighted by molar-refractivity contribution is 9.10. The number of likely N-dealkylation sites (tertiary alicyclic amines) is 1. The number of nitrogens with two attached hydrogens (primary N) is 1. The Morgan fingerprint density at radius 2 is 2.06 bits per heavy atom. The monoisotopic (exact) mass is 313 g/mol. The molecule has 1 saturated heterocycles. The van der Waals surface area contributed by atoms with Crippen LogP contribution in [0.25, 0.3) is 0 Å². The Kier molecular flexibility index (Phi) is 5.04. The molecular weight excluding hydrogens is 294 g/mol. The quantitative estimate of drug-likeness (QED) is 0.684. The van der Waals surface area contributed by atoms with Gasteiger partial charge in [0.25, 0.3) is 0 Å². The third-order valence-electron chi connectivity index (χ3n) is 3.13. The van der Waals surface area contributed by atoms with Crippen molar-refractivity contribution in [2.24, 2.45) is 10.7 Å². The summed E-state index contributed by atoms with van der Waals surface area (Å²) in [6, 6.07) is 0. The first-order valence-electron chi connectivity index (χ1n) is 6.48. The summed E-state index contributed by atoms with van der Waals surface area (Å²) in [4.78, 5) is 6.64. The Bertz CT molecular complexity index is 393. The fraction of sp³-hybridized carbons (Fsp3) is 0.667. The lowest BCUT2D eigenvalue weighted by Crippen LogP contribution is -2.38. The van der Waals surface area contributed by atoms with Crippen LogP contribution in [0.15, 0.2) is 21.9 Å². The molecule has 0 bridgehead atoms. The van der Waals surface area contributed by atoms with Gasteiger partial charge in [-0.15, -0.1) is 0 Å². The molecule has 0 spiro atoms. The van der Waals surface area contributed by atoms with Crippen molar-refractivity contribution in [3.05, 3.63) is 16.9 Å². The highest BCUT2D eigenvalue weighted by atomic mass is 79.9. The van der Waals surface area contributed by atoms with Crippen LogP contribution in [0.1, 0.15) is 25.7 Å². The normalized spacial score (nSPS) is 17.8. The third-order valence-corrected chi connectivity index (χ3v) is 3.54. The summed E-state index contributed by atoms with van der Waals surface area (Å²) in [5, 5.41) is 4.19. The van der Waals surface area contributed by atoms with Crippen molar-refractivity contribution >= 4 is 21.9 Å². The molecule has 0 saturated carbocycles. The molecule has 0 atom stereocenters. The lowest BCUT2D eigenvalue weighted by atomic mass is 10.2. The first kappa shape index (κ1) is 13.4. The highest BCUT2D eigenvalue weighted by Crippen LogP contribution is 2.09. The van der Waals surface area contributed by atoms with Gasteiger partial charge < -0.3 is 10.6 Å². The second-order valence-electron chi connectivity index (χ2n) is 4.56. The van der Waals surface area contributed by atoms with Crippen molar-refractivity contribution in [3.8, 4) is 0 Å². The van der Waals surface area contributed by atoms with Gasteiger partial charge in [0, 0.05) is 19.3 Å². The van der Waals surface area contributed by atoms with Gasteiger partial charge in [0.05, 0.1) is 23.8 Å². The number of aliphatic imine (C=N–C) groups is 1. The fourth-order valence-electron chi connectivity index (χ4n) is 2.13. The molecule has 1 aliphatic heterocycles. The lowest BCUT2D eigenvalue weighted by Gasteiger charge is -2.21. The molecule has 1 aromatic rings. The van der Waals surface area contributed by atoms with E-state index in [4.69, 9.17) is 5.73 Å². The minimum Gasteiger partial charge on any atom is -0.370 e. The van der Waals surface area contributed by atoms with Gasteiger partial charge in [-0.1, -0.05) is 12.8 Å². The standard InChI is InChI=1S/C12H20BrN5/c13-11-9-16-18(10-11)8-5-15-12(14)17-6-3-1-2-4-7-17/h9-10H,1-8H2,(H2,14,15). The fourth-order valence-corrected chi connectivity index (χ4v) is 2.46. The van der Waals surface area contributed by atoms with Crippen molar-refractivity contribution in [2.75, 3.05) is 19.6 Å². The molecular formula is C12H20BrN5. The van der Waals surface area contributed by atoms with Gasteiger partial charge in [-0.05, 0) is 28.8 Å². The molecule has 100 valence electrons. The Hall–Kier alpha value is -1.04. The number of aromatic nitrogens is 2. The summed E-state index contributed by atoms with van der Waals surface area (Å²) in [6.07, 6.45) is 8.79. The van der Waals surface area contributed by atoms with E-state index in [9.17, 15) is 0 Å². The predicted molar refractivity (Wildman–Crippen MR) is 76.5 cm³/mol. The number of hydrogen-bond donors (Lipinski definition) is 1. The van der Waals surface area contributed by atoms with E-state index in [1.807, 2.05) is 10.9 Å². The van der Waals surface area contributed by atoms with E-state index in [1.165, 1.54) is 25.7 Å². The van der Waals surface area contributed by atoms with Crippen LogP contribution in [0.5, 0.6) is 0 Å². The zero-order chi connectivity index (χ0) is 12.8. The Labute approximate surface area is 116 Å². The maximum atomic E-state index is 6.02. The second kappa shape index (κ2) is 6.78. The van der Waals surface area contributed by atoms with Crippen molar-refractivity contribution in [1.29, 1.82) is 0 Å². The van der Waals surface area contributed by atoms with Crippen LogP contribution < -0.4 is 5.73 Å². The summed E-state index contributed by atoms with van der Waals surface area (Å²) < 4.78 is 2.86. The van der Waals surface area contributed by atoms with Crippen LogP contribution in [-0.4, -0.2) is 40.3 Å². The molecule has 18 heavy (non-hydrogen) atoms. The number of guanidine groups is 1. The zero-order valence-corrected chi connectivity index (χ0v) is 12.1. The largest absolute Gasteiger partial charge is 0.370 e. The Morgan fingerprint density at radius 3 is 2.67 bits per heavy atom. The summed E-state index contributed by atoms with van der Waals surface area (Å²) in [7, 11) is 0. The van der Waals surface area contributed by atoms with Crippen LogP contribution in [0.2, 0.25) is 0 Å². The molecule has 6 heteroatoms. The summed E-state index contributed by atoms with van der Waals surface area (Å²) in [5.74, 6) is 0.683. The number of rotatable bonds is 3. The van der Waals surface area contributed by atoms with Gasteiger partial charge in [-0.25, -0.2) is 0 Å². The second-order valence-corrected chi connectivity index (χ2v) is 5.48. The Balaban J connectivity index is 1.80. The van der Waals surface area contributed by atoms with Crippen molar-refractivity contribution in [3.63, 3.8) is 0 Å². The van der Waals surface area contributed by atoms with E-state index >= 15 is 0 Å². The molecule has 0 radical (unpaired) electrons. The molecule has 2 N–H and O–H groups in total. The first-order valence-corrected chi connectivity index (χ1v) is 7.28. The zero-order valence-electron chi connectivity index (χ0n) is 10.6. The summed E-state index contributed by atoms with van der Waals surface area (Å²) in [6.45, 7) is 3.53. The van der Waals surface area contributed by atoms with Gasteiger partial charge in [-0.2, -0.15) is 5.10 Å². The SMILES string of the molecule is NC(=NCCn1cc(Br)cn1)N1CCCCCC1. The lowest BCUT2D eigenvalue weighted by molar-refractivity contribution is 0.427. The molecule has 0 amide bonds. The predicted octanol–water partition coefficient (Wildman–Crippen LogP) is 1.84. The first-order chi connectivity index (χ1) is 8.75. The minimum atomic E-state index is 0.677. The van der Waals surface area contributed by atoms with Crippen LogP contribution in [0.3, 0.4) is 0 Å². The smallest absolute Gasteiger partial charge is 0.191 e. The summed E-state index contributed by atoms with van der Waals surface area (Å²) in [5.41, 5.74) is 6.02. The topological polar surface area (TPSA) is 59.4 Å². The molecule has 1 fully saturated rings. The van der Waals surface area contributed by atoms with Crippen molar-refractivity contribution < 1.29 is 0 Å². The molecule has 0 unspecified atom stereocenters. The van der Waals surface area contributed by atoms with E-state index in [2.05, 4.69) is 30.9 Å². The third kappa shape index (κ3) is 4.01. The average molecular weight is 314 g/mol. The number of halogens is 1. The van der Waals surface area contributed by atoms with E-state index in [-0.39, 0.29) is 0 Å². The van der Waals surface area contributed by atoms with Gasteiger partial charge >= 0.3 is 0 Å². The van der Waals surface area contributed by atoms with Gasteiger partial charge in [0.1, 0.15) is 0 Å². The summed E-state index contributed by atoms with van der Waals surface area (Å²) >= 11 is 3.37. The van der Waals surface area contributed by atoms with Crippen LogP contribution in [0, 0.1) is 0 Å². The van der Waals surface area contributed by atoms with Crippen molar-refractivity contribution in [1.82, 2.24) is 14.7 Å². The molecule has 2 heterocycles. The number of hydrogen-bond acceptors (Lipinski definition) is 2. The maximum Gasteiger partial charge on any atom is 0.191 e. The molecule has 0 aromatic carbocycles. The molecule has 0 aliphatic carbocycles. The van der Waals surface area contributed by atoms with E-state index in [0.717, 1.165) is 24.1 Å². The van der Waals surface area contributed by atoms with E-state index in [1.54, 1.807) is 6.20 Å². The molecule has 2 rings (SSSR count). The van der Waals surface area contributed by atoms with Crippen LogP contribution in [-0.2, 0) is 6.54 Å². The number of nitrogens with zero attached hydrogens (tertiary/aromatic N) is 4. The van der Waals surface area contributed by atoms with Crippen molar-refractivity contribution in [2.45, 2.75) is 32.2 Å². The molecule has 1 aromatic heterocycles. The molecule has 5 nitrogen and oxygen atoms in total.